The number of thiophene rings is 1. The van der Waals surface area contributed by atoms with Gasteiger partial charge in [-0.25, -0.2) is 17.9 Å². The van der Waals surface area contributed by atoms with E-state index in [-0.39, 0.29) is 34.8 Å². The lowest BCUT2D eigenvalue weighted by molar-refractivity contribution is 0.0602. The Hall–Kier alpha value is -0.670. The van der Waals surface area contributed by atoms with Crippen molar-refractivity contribution in [1.82, 2.24) is 4.72 Å². The van der Waals surface area contributed by atoms with Crippen LogP contribution >= 0.6 is 23.7 Å². The summed E-state index contributed by atoms with van der Waals surface area (Å²) < 4.78 is 31.2. The van der Waals surface area contributed by atoms with Crippen LogP contribution in [-0.2, 0) is 14.8 Å². The number of halogens is 1. The van der Waals surface area contributed by atoms with Gasteiger partial charge >= 0.3 is 5.97 Å². The van der Waals surface area contributed by atoms with E-state index in [0.29, 0.717) is 5.92 Å². The summed E-state index contributed by atoms with van der Waals surface area (Å²) in [5, 5.41) is 1.54. The third kappa shape index (κ3) is 3.92. The molecular weight excluding hydrogens is 324 g/mol. The highest BCUT2D eigenvalue weighted by molar-refractivity contribution is 7.89. The minimum Gasteiger partial charge on any atom is -0.465 e. The van der Waals surface area contributed by atoms with Gasteiger partial charge in [-0.1, -0.05) is 0 Å². The van der Waals surface area contributed by atoms with Crippen LogP contribution in [0.4, 0.5) is 0 Å². The zero-order chi connectivity index (χ0) is 14.0. The minimum atomic E-state index is -3.72. The third-order valence-corrected chi connectivity index (χ3v) is 5.52. The fourth-order valence-corrected chi connectivity index (χ4v) is 4.13. The van der Waals surface area contributed by atoms with Crippen molar-refractivity contribution in [3.8, 4) is 0 Å². The summed E-state index contributed by atoms with van der Waals surface area (Å²) >= 11 is 1.04. The van der Waals surface area contributed by atoms with Crippen LogP contribution in [0.1, 0.15) is 22.5 Å². The van der Waals surface area contributed by atoms with Gasteiger partial charge in [-0.05, 0) is 30.2 Å². The monoisotopic (exact) mass is 340 g/mol. The SMILES string of the molecule is COC(=O)c1sccc1S(=O)(=O)NCC(N)C1CC1.Cl. The van der Waals surface area contributed by atoms with Crippen molar-refractivity contribution >= 4 is 39.7 Å². The minimum absolute atomic E-state index is 0. The van der Waals surface area contributed by atoms with Gasteiger partial charge in [0.25, 0.3) is 0 Å². The van der Waals surface area contributed by atoms with Crippen molar-refractivity contribution in [1.29, 1.82) is 0 Å². The molecule has 1 aromatic rings. The van der Waals surface area contributed by atoms with Crippen molar-refractivity contribution < 1.29 is 17.9 Å². The molecule has 1 aliphatic rings. The fraction of sp³-hybridized carbons (Fsp3) is 0.545. The number of esters is 1. The van der Waals surface area contributed by atoms with Crippen LogP contribution in [-0.4, -0.2) is 34.1 Å². The topological polar surface area (TPSA) is 98.5 Å². The molecule has 1 heterocycles. The van der Waals surface area contributed by atoms with Crippen LogP contribution < -0.4 is 10.5 Å². The highest BCUT2D eigenvalue weighted by atomic mass is 35.5. The van der Waals surface area contributed by atoms with E-state index in [1.54, 1.807) is 5.38 Å². The van der Waals surface area contributed by atoms with Gasteiger partial charge in [0.05, 0.1) is 7.11 Å². The van der Waals surface area contributed by atoms with E-state index in [1.807, 2.05) is 0 Å². The van der Waals surface area contributed by atoms with E-state index in [1.165, 1.54) is 13.2 Å². The van der Waals surface area contributed by atoms with Crippen molar-refractivity contribution in [2.75, 3.05) is 13.7 Å². The number of nitrogens with one attached hydrogen (secondary N) is 1. The molecule has 0 spiro atoms. The predicted octanol–water partition coefficient (Wildman–Crippen LogP) is 0.972. The molecule has 9 heteroatoms. The fourth-order valence-electron chi connectivity index (χ4n) is 1.73. The first-order chi connectivity index (χ1) is 8.95. The Labute approximate surface area is 128 Å². The van der Waals surface area contributed by atoms with Crippen molar-refractivity contribution in [3.63, 3.8) is 0 Å². The third-order valence-electron chi connectivity index (χ3n) is 3.03. The zero-order valence-electron chi connectivity index (χ0n) is 10.9. The predicted molar refractivity (Wildman–Crippen MR) is 78.8 cm³/mol. The molecule has 1 unspecified atom stereocenters. The summed E-state index contributed by atoms with van der Waals surface area (Å²) in [6.07, 6.45) is 2.10. The van der Waals surface area contributed by atoms with Gasteiger partial charge in [0, 0.05) is 12.6 Å². The standard InChI is InChI=1S/C11H16N2O4S2.ClH/c1-17-11(14)10-9(4-5-18-10)19(15,16)13-6-8(12)7-2-3-7;/h4-5,7-8,13H,2-3,6,12H2,1H3;1H. The molecule has 114 valence electrons. The second-order valence-electron chi connectivity index (χ2n) is 4.46. The zero-order valence-corrected chi connectivity index (χ0v) is 13.3. The summed E-state index contributed by atoms with van der Waals surface area (Å²) in [6, 6.07) is 1.22. The van der Waals surface area contributed by atoms with E-state index >= 15 is 0 Å². The van der Waals surface area contributed by atoms with Crippen molar-refractivity contribution in [3.05, 3.63) is 16.3 Å². The maximum absolute atomic E-state index is 12.1. The molecule has 2 rings (SSSR count). The highest BCUT2D eigenvalue weighted by Crippen LogP contribution is 2.31. The van der Waals surface area contributed by atoms with Gasteiger partial charge in [0.1, 0.15) is 9.77 Å². The molecule has 0 amide bonds. The Morgan fingerprint density at radius 1 is 1.60 bits per heavy atom. The molecule has 1 aromatic heterocycles. The van der Waals surface area contributed by atoms with Gasteiger partial charge in [0.2, 0.25) is 10.0 Å². The maximum atomic E-state index is 12.1. The summed E-state index contributed by atoms with van der Waals surface area (Å²) in [5.41, 5.74) is 5.85. The van der Waals surface area contributed by atoms with Gasteiger partial charge < -0.3 is 10.5 Å². The molecule has 0 aliphatic heterocycles. The lowest BCUT2D eigenvalue weighted by atomic mass is 10.2. The van der Waals surface area contributed by atoms with Crippen LogP contribution in [0, 0.1) is 5.92 Å². The Morgan fingerprint density at radius 3 is 2.80 bits per heavy atom. The Morgan fingerprint density at radius 2 is 2.25 bits per heavy atom. The van der Waals surface area contributed by atoms with Crippen LogP contribution in [0.2, 0.25) is 0 Å². The Kier molecular flexibility index (Phi) is 5.96. The van der Waals surface area contributed by atoms with Crippen LogP contribution in [0.3, 0.4) is 0 Å². The number of carbonyl (C=O) groups is 1. The van der Waals surface area contributed by atoms with E-state index in [2.05, 4.69) is 9.46 Å². The molecule has 6 nitrogen and oxygen atoms in total. The van der Waals surface area contributed by atoms with Crippen LogP contribution in [0.5, 0.6) is 0 Å². The number of sulfonamides is 1. The van der Waals surface area contributed by atoms with Crippen LogP contribution in [0.25, 0.3) is 0 Å². The number of hydrogen-bond donors (Lipinski definition) is 2. The average Bonchev–Trinajstić information content (AvgIpc) is 3.11. The molecular formula is C11H17ClN2O4S2. The first-order valence-electron chi connectivity index (χ1n) is 5.86. The molecule has 0 saturated heterocycles. The molecule has 0 aromatic carbocycles. The summed E-state index contributed by atoms with van der Waals surface area (Å²) in [4.78, 5) is 11.5. The Balaban J connectivity index is 0.00000200. The molecule has 1 saturated carbocycles. The molecule has 1 fully saturated rings. The molecule has 3 N–H and O–H groups in total. The number of hydrogen-bond acceptors (Lipinski definition) is 6. The maximum Gasteiger partial charge on any atom is 0.349 e. The molecule has 1 atom stereocenters. The molecule has 0 bridgehead atoms. The van der Waals surface area contributed by atoms with Gasteiger partial charge in [-0.3, -0.25) is 0 Å². The number of carbonyl (C=O) groups excluding carboxylic acids is 1. The van der Waals surface area contributed by atoms with E-state index in [9.17, 15) is 13.2 Å². The number of ether oxygens (including phenoxy) is 1. The van der Waals surface area contributed by atoms with Gasteiger partial charge in [-0.2, -0.15) is 0 Å². The normalized spacial score (nSPS) is 16.3. The van der Waals surface area contributed by atoms with Gasteiger partial charge in [-0.15, -0.1) is 23.7 Å². The van der Waals surface area contributed by atoms with Crippen LogP contribution in [0.15, 0.2) is 16.3 Å². The number of nitrogens with two attached hydrogens (primary N) is 1. The average molecular weight is 341 g/mol. The summed E-state index contributed by atoms with van der Waals surface area (Å²) in [5.74, 6) is -0.243. The second-order valence-corrected chi connectivity index (χ2v) is 7.11. The quantitative estimate of drug-likeness (QED) is 0.752. The molecule has 20 heavy (non-hydrogen) atoms. The second kappa shape index (κ2) is 6.86. The largest absolute Gasteiger partial charge is 0.465 e. The number of methoxy groups -OCH3 is 1. The molecule has 0 radical (unpaired) electrons. The molecule has 1 aliphatic carbocycles. The van der Waals surface area contributed by atoms with Crippen molar-refractivity contribution in [2.24, 2.45) is 11.7 Å². The van der Waals surface area contributed by atoms with E-state index in [0.717, 1.165) is 24.2 Å². The summed E-state index contributed by atoms with van der Waals surface area (Å²) in [6.45, 7) is 0.184. The first kappa shape index (κ1) is 17.4. The highest BCUT2D eigenvalue weighted by Gasteiger charge is 2.30. The van der Waals surface area contributed by atoms with E-state index < -0.39 is 16.0 Å². The van der Waals surface area contributed by atoms with Crippen molar-refractivity contribution in [2.45, 2.75) is 23.8 Å². The lowest BCUT2D eigenvalue weighted by Gasteiger charge is -2.12. The smallest absolute Gasteiger partial charge is 0.349 e. The summed E-state index contributed by atoms with van der Waals surface area (Å²) in [7, 11) is -2.51. The van der Waals surface area contributed by atoms with Gasteiger partial charge in [0.15, 0.2) is 0 Å². The lowest BCUT2D eigenvalue weighted by Crippen LogP contribution is -2.38. The van der Waals surface area contributed by atoms with E-state index in [4.69, 9.17) is 5.73 Å². The first-order valence-corrected chi connectivity index (χ1v) is 8.23. The Bertz CT molecular complexity index is 569. The number of rotatable bonds is 6.